The lowest BCUT2D eigenvalue weighted by molar-refractivity contribution is -0.306. The number of nitrogens with one attached hydrogen (secondary N) is 2. The zero-order chi connectivity index (χ0) is 24.9. The van der Waals surface area contributed by atoms with Crippen molar-refractivity contribution in [2.24, 2.45) is 16.5 Å². The van der Waals surface area contributed by atoms with E-state index in [1.54, 1.807) is 37.3 Å². The lowest BCUT2D eigenvalue weighted by Crippen LogP contribution is -2.34. The topological polar surface area (TPSA) is 193 Å². The Labute approximate surface area is 199 Å². The lowest BCUT2D eigenvalue weighted by atomic mass is 10.1. The largest absolute Gasteiger partial charge is 0.550 e. The van der Waals surface area contributed by atoms with Gasteiger partial charge in [-0.25, -0.2) is 18.1 Å². The van der Waals surface area contributed by atoms with Gasteiger partial charge in [0.25, 0.3) is 5.91 Å². The molecule has 34 heavy (non-hydrogen) atoms. The molecule has 1 unspecified atom stereocenters. The monoisotopic (exact) mass is 501 g/mol. The second kappa shape index (κ2) is 10.4. The minimum atomic E-state index is -4.14. The number of amides is 1. The summed E-state index contributed by atoms with van der Waals surface area (Å²) >= 11 is 0.974. The number of aliphatic carboxylic acids is 1. The van der Waals surface area contributed by atoms with E-state index < -0.39 is 34.4 Å². The maximum Gasteiger partial charge on any atom is 0.267 e. The number of aryl methyl sites for hydroxylation is 1. The van der Waals surface area contributed by atoms with Gasteiger partial charge in [0, 0.05) is 18.1 Å². The second-order valence-corrected chi connectivity index (χ2v) is 9.78. The van der Waals surface area contributed by atoms with E-state index in [1.165, 1.54) is 24.3 Å². The highest BCUT2D eigenvalue weighted by Gasteiger charge is 2.23. The van der Waals surface area contributed by atoms with Crippen LogP contribution in [0, 0.1) is 6.92 Å². The fourth-order valence-corrected chi connectivity index (χ4v) is 5.14. The number of nitrogens with two attached hydrogens (primary N) is 2. The van der Waals surface area contributed by atoms with Gasteiger partial charge < -0.3 is 26.7 Å². The van der Waals surface area contributed by atoms with Gasteiger partial charge in [0.15, 0.2) is 5.96 Å². The number of carbonyl (C=O) groups excluding carboxylic acids is 2. The van der Waals surface area contributed by atoms with E-state index in [2.05, 4.69) is 20.0 Å². The molecule has 0 radical (unpaired) electrons. The van der Waals surface area contributed by atoms with Crippen LogP contribution in [0.5, 0.6) is 0 Å². The number of hydrogen-bond acceptors (Lipinski definition) is 8. The number of rotatable bonds is 9. The third-order valence-electron chi connectivity index (χ3n) is 4.49. The van der Waals surface area contributed by atoms with Gasteiger partial charge in [-0.3, -0.25) is 4.79 Å². The van der Waals surface area contributed by atoms with Gasteiger partial charge in [0.1, 0.15) is 4.88 Å². The number of aromatic nitrogens is 1. The summed E-state index contributed by atoms with van der Waals surface area (Å²) in [6, 6.07) is 12.8. The van der Waals surface area contributed by atoms with Crippen LogP contribution in [-0.4, -0.2) is 31.2 Å². The number of hydrogen-bond donors (Lipinski definition) is 4. The van der Waals surface area contributed by atoms with Crippen molar-refractivity contribution in [3.05, 3.63) is 70.7 Å². The van der Waals surface area contributed by atoms with Gasteiger partial charge in [-0.1, -0.05) is 47.7 Å². The molecule has 13 heteroatoms. The van der Waals surface area contributed by atoms with Crippen molar-refractivity contribution in [3.63, 3.8) is 0 Å². The number of carbonyl (C=O) groups is 2. The van der Waals surface area contributed by atoms with Crippen LogP contribution in [-0.2, 0) is 14.8 Å². The Morgan fingerprint density at radius 2 is 1.85 bits per heavy atom. The normalized spacial score (nSPS) is 12.0. The number of anilines is 1. The first-order valence-corrected chi connectivity index (χ1v) is 12.1. The van der Waals surface area contributed by atoms with E-state index in [1.807, 2.05) is 0 Å². The van der Waals surface area contributed by atoms with Crippen molar-refractivity contribution in [2.75, 3.05) is 5.32 Å². The van der Waals surface area contributed by atoms with Gasteiger partial charge in [0.2, 0.25) is 15.2 Å². The summed E-state index contributed by atoms with van der Waals surface area (Å²) < 4.78 is 28.4. The number of aliphatic imine (C=N–C) groups is 1. The molecule has 0 saturated heterocycles. The molecular formula is C21H21N6O5S2-. The Hall–Kier alpha value is -3.81. The number of guanidine groups is 1. The summed E-state index contributed by atoms with van der Waals surface area (Å²) in [5.74, 6) is -2.12. The lowest BCUT2D eigenvalue weighted by Gasteiger charge is -2.20. The molecule has 0 bridgehead atoms. The zero-order valence-electron chi connectivity index (χ0n) is 17.9. The van der Waals surface area contributed by atoms with Crippen molar-refractivity contribution < 1.29 is 23.1 Å². The SMILES string of the molecule is Cc1nc(N=C(N)N)sc1C(=O)Nc1cccc(S(=O)(=O)NC(CC(=O)[O-])c2ccccc2)c1. The first-order chi connectivity index (χ1) is 16.0. The number of nitrogens with zero attached hydrogens (tertiary/aromatic N) is 2. The van der Waals surface area contributed by atoms with Crippen LogP contribution in [0.1, 0.15) is 33.4 Å². The first-order valence-electron chi connectivity index (χ1n) is 9.81. The Bertz CT molecular complexity index is 1330. The maximum atomic E-state index is 13.0. The van der Waals surface area contributed by atoms with E-state index in [4.69, 9.17) is 11.5 Å². The summed E-state index contributed by atoms with van der Waals surface area (Å²) in [5.41, 5.74) is 11.7. The third kappa shape index (κ3) is 6.37. The minimum absolute atomic E-state index is 0.160. The van der Waals surface area contributed by atoms with Gasteiger partial charge in [-0.05, 0) is 30.7 Å². The third-order valence-corrected chi connectivity index (χ3v) is 7.01. The highest BCUT2D eigenvalue weighted by atomic mass is 32.2. The van der Waals surface area contributed by atoms with E-state index in [0.717, 1.165) is 11.3 Å². The van der Waals surface area contributed by atoms with E-state index >= 15 is 0 Å². The average molecular weight is 502 g/mol. The molecule has 1 atom stereocenters. The molecule has 0 fully saturated rings. The van der Waals surface area contributed by atoms with Crippen molar-refractivity contribution in [2.45, 2.75) is 24.3 Å². The molecular weight excluding hydrogens is 480 g/mol. The molecule has 2 aromatic carbocycles. The van der Waals surface area contributed by atoms with Crippen molar-refractivity contribution in [3.8, 4) is 0 Å². The Morgan fingerprint density at radius 1 is 1.15 bits per heavy atom. The van der Waals surface area contributed by atoms with Crippen LogP contribution in [0.2, 0.25) is 0 Å². The van der Waals surface area contributed by atoms with Crippen molar-refractivity contribution in [1.82, 2.24) is 9.71 Å². The highest BCUT2D eigenvalue weighted by Crippen LogP contribution is 2.27. The summed E-state index contributed by atoms with van der Waals surface area (Å²) in [7, 11) is -4.14. The fraction of sp³-hybridized carbons (Fsp3) is 0.143. The molecule has 178 valence electrons. The van der Waals surface area contributed by atoms with Gasteiger partial charge in [-0.15, -0.1) is 0 Å². The van der Waals surface area contributed by atoms with Crippen LogP contribution >= 0.6 is 11.3 Å². The van der Waals surface area contributed by atoms with Crippen molar-refractivity contribution in [1.29, 1.82) is 0 Å². The zero-order valence-corrected chi connectivity index (χ0v) is 19.5. The number of carboxylic acid groups (broad SMARTS) is 1. The smallest absolute Gasteiger partial charge is 0.267 e. The summed E-state index contributed by atoms with van der Waals surface area (Å²) in [5, 5.41) is 14.0. The van der Waals surface area contributed by atoms with E-state index in [-0.39, 0.29) is 26.6 Å². The molecule has 6 N–H and O–H groups in total. The fourth-order valence-electron chi connectivity index (χ4n) is 3.01. The highest BCUT2D eigenvalue weighted by molar-refractivity contribution is 7.89. The molecule has 0 spiro atoms. The molecule has 0 saturated carbocycles. The number of carboxylic acids is 1. The Balaban J connectivity index is 1.82. The summed E-state index contributed by atoms with van der Waals surface area (Å²) in [6.45, 7) is 1.61. The molecule has 1 heterocycles. The summed E-state index contributed by atoms with van der Waals surface area (Å²) in [4.78, 5) is 31.9. The van der Waals surface area contributed by atoms with Crippen LogP contribution in [0.25, 0.3) is 0 Å². The minimum Gasteiger partial charge on any atom is -0.550 e. The van der Waals surface area contributed by atoms with Crippen LogP contribution in [0.15, 0.2) is 64.5 Å². The van der Waals surface area contributed by atoms with Crippen LogP contribution in [0.3, 0.4) is 0 Å². The number of thiazole rings is 1. The molecule has 0 aliphatic rings. The quantitative estimate of drug-likeness (QED) is 0.244. The summed E-state index contributed by atoms with van der Waals surface area (Å²) in [6.07, 6.45) is -0.553. The molecule has 11 nitrogen and oxygen atoms in total. The number of benzene rings is 2. The van der Waals surface area contributed by atoms with Crippen LogP contribution < -0.4 is 26.6 Å². The molecule has 3 aromatic rings. The standard InChI is InChI=1S/C21H22N6O5S2/c1-12-18(33-21(24-12)26-20(22)23)19(30)25-14-8-5-9-15(10-14)34(31,32)27-16(11-17(28)29)13-6-3-2-4-7-13/h2-10,16,27H,11H2,1H3,(H,25,30)(H,28,29)(H4,22,23,24,26)/p-1. The predicted octanol–water partition coefficient (Wildman–Crippen LogP) is 0.768. The van der Waals surface area contributed by atoms with E-state index in [0.29, 0.717) is 11.3 Å². The van der Waals surface area contributed by atoms with Gasteiger partial charge in [0.05, 0.1) is 16.6 Å². The molecule has 0 aliphatic heterocycles. The number of sulfonamides is 1. The molecule has 1 aromatic heterocycles. The maximum absolute atomic E-state index is 13.0. The van der Waals surface area contributed by atoms with Crippen LogP contribution in [0.4, 0.5) is 10.8 Å². The molecule has 0 aliphatic carbocycles. The Kier molecular flexibility index (Phi) is 7.61. The van der Waals surface area contributed by atoms with E-state index in [9.17, 15) is 23.1 Å². The van der Waals surface area contributed by atoms with Crippen molar-refractivity contribution >= 4 is 50.0 Å². The van der Waals surface area contributed by atoms with Gasteiger partial charge in [-0.2, -0.15) is 4.99 Å². The molecule has 1 amide bonds. The molecule has 3 rings (SSSR count). The average Bonchev–Trinajstić information content (AvgIpc) is 3.13. The predicted molar refractivity (Wildman–Crippen MR) is 126 cm³/mol. The Morgan fingerprint density at radius 3 is 2.50 bits per heavy atom. The second-order valence-electron chi connectivity index (χ2n) is 7.09. The first kappa shape index (κ1) is 24.8. The van der Waals surface area contributed by atoms with Gasteiger partial charge >= 0.3 is 0 Å².